The zero-order valence-electron chi connectivity index (χ0n) is 10.4. The van der Waals surface area contributed by atoms with Crippen molar-refractivity contribution in [3.05, 3.63) is 30.5 Å². The van der Waals surface area contributed by atoms with Gasteiger partial charge in [-0.3, -0.25) is 5.32 Å². The summed E-state index contributed by atoms with van der Waals surface area (Å²) in [5, 5.41) is 14.2. The number of hydrogen-bond donors (Lipinski definition) is 3. The minimum absolute atomic E-state index is 0.0106. The van der Waals surface area contributed by atoms with Gasteiger partial charge >= 0.3 is 12.0 Å². The van der Waals surface area contributed by atoms with Gasteiger partial charge in [0.15, 0.2) is 0 Å². The van der Waals surface area contributed by atoms with E-state index in [4.69, 9.17) is 5.11 Å². The number of aromatic carboxylic acids is 1. The van der Waals surface area contributed by atoms with Crippen LogP contribution >= 0.6 is 11.5 Å². The number of anilines is 1. The second kappa shape index (κ2) is 6.66. The fraction of sp³-hybridized carbons (Fsp3) is 0.273. The van der Waals surface area contributed by atoms with Crippen molar-refractivity contribution in [1.82, 2.24) is 19.2 Å². The second-order valence-electron chi connectivity index (χ2n) is 3.91. The van der Waals surface area contributed by atoms with Crippen LogP contribution in [0.4, 0.5) is 9.80 Å². The van der Waals surface area contributed by atoms with Crippen LogP contribution in [0, 0.1) is 0 Å². The van der Waals surface area contributed by atoms with Crippen molar-refractivity contribution < 1.29 is 14.7 Å². The number of aryl methyl sites for hydroxylation is 1. The molecule has 0 bridgehead atoms. The first-order valence-electron chi connectivity index (χ1n) is 5.85. The summed E-state index contributed by atoms with van der Waals surface area (Å²) in [5.74, 6) is -1.12. The van der Waals surface area contributed by atoms with Crippen molar-refractivity contribution in [2.75, 3.05) is 11.9 Å². The smallest absolute Gasteiger partial charge is 0.340 e. The molecule has 9 heteroatoms. The molecule has 20 heavy (non-hydrogen) atoms. The molecule has 2 aromatic heterocycles. The van der Waals surface area contributed by atoms with Crippen LogP contribution in [0.1, 0.15) is 16.8 Å². The van der Waals surface area contributed by atoms with E-state index in [1.165, 1.54) is 6.20 Å². The number of carboxylic acid groups (broad SMARTS) is 1. The van der Waals surface area contributed by atoms with E-state index in [-0.39, 0.29) is 10.6 Å². The molecule has 0 aliphatic carbocycles. The molecule has 0 saturated carbocycles. The van der Waals surface area contributed by atoms with Crippen molar-refractivity contribution >= 4 is 28.5 Å². The highest BCUT2D eigenvalue weighted by atomic mass is 32.1. The second-order valence-corrected chi connectivity index (χ2v) is 4.71. The molecule has 2 aromatic rings. The Bertz CT molecular complexity index is 581. The molecule has 0 radical (unpaired) electrons. The van der Waals surface area contributed by atoms with Crippen LogP contribution in [0.5, 0.6) is 0 Å². The lowest BCUT2D eigenvalue weighted by Crippen LogP contribution is -2.30. The maximum absolute atomic E-state index is 11.6. The molecule has 0 saturated heterocycles. The largest absolute Gasteiger partial charge is 0.478 e. The van der Waals surface area contributed by atoms with Crippen LogP contribution < -0.4 is 10.6 Å². The van der Waals surface area contributed by atoms with Gasteiger partial charge < -0.3 is 15.0 Å². The number of amides is 2. The van der Waals surface area contributed by atoms with Crippen LogP contribution in [-0.2, 0) is 6.54 Å². The molecule has 0 fully saturated rings. The highest BCUT2D eigenvalue weighted by Crippen LogP contribution is 2.19. The van der Waals surface area contributed by atoms with Crippen molar-refractivity contribution in [2.24, 2.45) is 0 Å². The molecule has 0 aromatic carbocycles. The Hall–Kier alpha value is -2.42. The maximum atomic E-state index is 11.6. The molecule has 2 amide bonds. The normalized spacial score (nSPS) is 10.2. The highest BCUT2D eigenvalue weighted by molar-refractivity contribution is 7.10. The predicted molar refractivity (Wildman–Crippen MR) is 72.9 cm³/mol. The molecule has 2 rings (SSSR count). The van der Waals surface area contributed by atoms with Gasteiger partial charge in [-0.15, -0.1) is 0 Å². The van der Waals surface area contributed by atoms with Gasteiger partial charge in [-0.2, -0.15) is 4.37 Å². The van der Waals surface area contributed by atoms with E-state index >= 15 is 0 Å². The molecule has 3 N–H and O–H groups in total. The van der Waals surface area contributed by atoms with Gasteiger partial charge in [0.2, 0.25) is 0 Å². The number of hydrogen-bond acceptors (Lipinski definition) is 5. The van der Waals surface area contributed by atoms with E-state index in [1.54, 1.807) is 12.5 Å². The predicted octanol–water partition coefficient (Wildman–Crippen LogP) is 1.25. The van der Waals surface area contributed by atoms with Crippen LogP contribution in [0.2, 0.25) is 0 Å². The van der Waals surface area contributed by atoms with Crippen LogP contribution in [-0.4, -0.2) is 37.6 Å². The SMILES string of the molecule is O=C(NCCCn1ccnc1)Nc1sncc1C(=O)O. The fourth-order valence-corrected chi connectivity index (χ4v) is 2.15. The average Bonchev–Trinajstić information content (AvgIpc) is 3.05. The summed E-state index contributed by atoms with van der Waals surface area (Å²) in [5.41, 5.74) is -0.0106. The van der Waals surface area contributed by atoms with E-state index in [9.17, 15) is 9.59 Å². The number of aromatic nitrogens is 3. The zero-order chi connectivity index (χ0) is 14.4. The number of nitrogens with zero attached hydrogens (tertiary/aromatic N) is 3. The van der Waals surface area contributed by atoms with E-state index in [2.05, 4.69) is 20.0 Å². The number of carbonyl (C=O) groups is 2. The summed E-state index contributed by atoms with van der Waals surface area (Å²) in [7, 11) is 0. The Morgan fingerprint density at radius 2 is 2.30 bits per heavy atom. The van der Waals surface area contributed by atoms with E-state index in [1.807, 2.05) is 10.8 Å². The lowest BCUT2D eigenvalue weighted by molar-refractivity contribution is 0.0698. The molecule has 0 aliphatic heterocycles. The van der Waals surface area contributed by atoms with Gasteiger partial charge in [-0.1, -0.05) is 0 Å². The van der Waals surface area contributed by atoms with Gasteiger partial charge in [0.25, 0.3) is 0 Å². The number of nitrogens with one attached hydrogen (secondary N) is 2. The molecule has 106 valence electrons. The highest BCUT2D eigenvalue weighted by Gasteiger charge is 2.14. The van der Waals surface area contributed by atoms with Gasteiger partial charge in [0, 0.05) is 25.5 Å². The monoisotopic (exact) mass is 295 g/mol. The Morgan fingerprint density at radius 3 is 3.00 bits per heavy atom. The zero-order valence-corrected chi connectivity index (χ0v) is 11.3. The first-order valence-corrected chi connectivity index (χ1v) is 6.62. The molecule has 2 heterocycles. The number of urea groups is 1. The molecule has 0 spiro atoms. The summed E-state index contributed by atoms with van der Waals surface area (Å²) in [6, 6.07) is -0.442. The molecule has 0 aliphatic rings. The fourth-order valence-electron chi connectivity index (χ4n) is 1.51. The number of carboxylic acids is 1. The lowest BCUT2D eigenvalue weighted by atomic mass is 10.3. The Balaban J connectivity index is 1.72. The van der Waals surface area contributed by atoms with Crippen LogP contribution in [0.15, 0.2) is 24.9 Å². The van der Waals surface area contributed by atoms with Crippen molar-refractivity contribution in [2.45, 2.75) is 13.0 Å². The minimum atomic E-state index is -1.12. The van der Waals surface area contributed by atoms with Crippen LogP contribution in [0.3, 0.4) is 0 Å². The summed E-state index contributed by atoms with van der Waals surface area (Å²) in [6.07, 6.45) is 7.20. The first kappa shape index (κ1) is 14.0. The van der Waals surface area contributed by atoms with Gasteiger partial charge in [-0.05, 0) is 18.0 Å². The standard InChI is InChI=1S/C11H13N5O3S/c17-10(18)8-6-14-20-9(8)15-11(19)13-2-1-4-16-5-3-12-7-16/h3,5-7H,1-2,4H2,(H,17,18)(H2,13,15,19). The van der Waals surface area contributed by atoms with E-state index in [0.29, 0.717) is 6.54 Å². The summed E-state index contributed by atoms with van der Waals surface area (Å²) >= 11 is 0.928. The summed E-state index contributed by atoms with van der Waals surface area (Å²) < 4.78 is 5.64. The average molecular weight is 295 g/mol. The Morgan fingerprint density at radius 1 is 1.45 bits per heavy atom. The van der Waals surface area contributed by atoms with E-state index < -0.39 is 12.0 Å². The Labute approximate surface area is 118 Å². The quantitative estimate of drug-likeness (QED) is 0.695. The third kappa shape index (κ3) is 3.79. The van der Waals surface area contributed by atoms with Crippen molar-refractivity contribution in [3.63, 3.8) is 0 Å². The van der Waals surface area contributed by atoms with Crippen molar-refractivity contribution in [3.8, 4) is 0 Å². The number of carbonyl (C=O) groups excluding carboxylic acids is 1. The summed E-state index contributed by atoms with van der Waals surface area (Å²) in [6.45, 7) is 1.23. The van der Waals surface area contributed by atoms with Gasteiger partial charge in [0.05, 0.1) is 12.5 Å². The molecule has 0 unspecified atom stereocenters. The maximum Gasteiger partial charge on any atom is 0.340 e. The first-order chi connectivity index (χ1) is 9.66. The Kier molecular flexibility index (Phi) is 4.66. The third-order valence-corrected chi connectivity index (χ3v) is 3.18. The third-order valence-electron chi connectivity index (χ3n) is 2.47. The van der Waals surface area contributed by atoms with Gasteiger partial charge in [0.1, 0.15) is 10.6 Å². The topological polar surface area (TPSA) is 109 Å². The lowest BCUT2D eigenvalue weighted by Gasteiger charge is -2.06. The molecular formula is C11H13N5O3S. The van der Waals surface area contributed by atoms with Gasteiger partial charge in [-0.25, -0.2) is 14.6 Å². The minimum Gasteiger partial charge on any atom is -0.478 e. The summed E-state index contributed by atoms with van der Waals surface area (Å²) in [4.78, 5) is 26.3. The van der Waals surface area contributed by atoms with Crippen molar-refractivity contribution in [1.29, 1.82) is 0 Å². The van der Waals surface area contributed by atoms with E-state index in [0.717, 1.165) is 24.5 Å². The number of rotatable bonds is 6. The molecular weight excluding hydrogens is 282 g/mol. The number of imidazole rings is 1. The molecule has 0 atom stereocenters. The van der Waals surface area contributed by atoms with Crippen LogP contribution in [0.25, 0.3) is 0 Å². The molecule has 8 nitrogen and oxygen atoms in total.